The first-order valence-electron chi connectivity index (χ1n) is 7.12. The Morgan fingerprint density at radius 2 is 2.42 bits per heavy atom. The second-order valence-electron chi connectivity index (χ2n) is 5.48. The minimum absolute atomic E-state index is 0.151. The lowest BCUT2D eigenvalue weighted by atomic mass is 9.86. The summed E-state index contributed by atoms with van der Waals surface area (Å²) < 4.78 is 0. The Bertz CT molecular complexity index is 417. The Morgan fingerprint density at radius 1 is 1.58 bits per heavy atom. The lowest BCUT2D eigenvalue weighted by Crippen LogP contribution is -2.37. The highest BCUT2D eigenvalue weighted by atomic mass is 16.4. The number of hydrogen-bond donors (Lipinski definition) is 3. The Kier molecular flexibility index (Phi) is 4.96. The van der Waals surface area contributed by atoms with E-state index in [9.17, 15) is 4.79 Å². The van der Waals surface area contributed by atoms with E-state index in [-0.39, 0.29) is 5.92 Å². The van der Waals surface area contributed by atoms with Gasteiger partial charge in [0.1, 0.15) is 0 Å². The molecular weight excluding hydrogens is 242 g/mol. The van der Waals surface area contributed by atoms with Gasteiger partial charge in [0.2, 0.25) is 0 Å². The van der Waals surface area contributed by atoms with E-state index in [4.69, 9.17) is 5.11 Å². The van der Waals surface area contributed by atoms with Crippen LogP contribution in [-0.2, 0) is 11.2 Å². The summed E-state index contributed by atoms with van der Waals surface area (Å²) in [6, 6.07) is 0.375. The first kappa shape index (κ1) is 14.1. The zero-order valence-electron chi connectivity index (χ0n) is 11.5. The number of rotatable bonds is 6. The summed E-state index contributed by atoms with van der Waals surface area (Å²) in [5.41, 5.74) is 2.41. The second-order valence-corrected chi connectivity index (χ2v) is 5.48. The molecule has 1 aromatic rings. The number of carboxylic acid groups (broad SMARTS) is 1. The molecule has 19 heavy (non-hydrogen) atoms. The molecule has 1 fully saturated rings. The van der Waals surface area contributed by atoms with Crippen LogP contribution in [-0.4, -0.2) is 33.9 Å². The Hall–Kier alpha value is -1.36. The summed E-state index contributed by atoms with van der Waals surface area (Å²) in [4.78, 5) is 11.0. The molecule has 3 N–H and O–H groups in total. The molecule has 1 heterocycles. The van der Waals surface area contributed by atoms with Gasteiger partial charge >= 0.3 is 5.97 Å². The fourth-order valence-electron chi connectivity index (χ4n) is 2.81. The highest BCUT2D eigenvalue weighted by Gasteiger charge is 2.26. The Labute approximate surface area is 113 Å². The van der Waals surface area contributed by atoms with E-state index in [2.05, 4.69) is 15.5 Å². The van der Waals surface area contributed by atoms with Gasteiger partial charge in [0, 0.05) is 11.7 Å². The van der Waals surface area contributed by atoms with E-state index in [1.807, 2.05) is 13.1 Å². The molecule has 0 spiro atoms. The van der Waals surface area contributed by atoms with Gasteiger partial charge in [-0.05, 0) is 51.1 Å². The minimum Gasteiger partial charge on any atom is -0.481 e. The monoisotopic (exact) mass is 265 g/mol. The second kappa shape index (κ2) is 6.70. The number of hydrogen-bond acceptors (Lipinski definition) is 3. The van der Waals surface area contributed by atoms with Crippen molar-refractivity contribution in [1.82, 2.24) is 15.5 Å². The summed E-state index contributed by atoms with van der Waals surface area (Å²) in [5, 5.41) is 19.5. The van der Waals surface area contributed by atoms with Crippen LogP contribution >= 0.6 is 0 Å². The van der Waals surface area contributed by atoms with Crippen molar-refractivity contribution in [1.29, 1.82) is 0 Å². The van der Waals surface area contributed by atoms with E-state index in [1.165, 1.54) is 5.56 Å². The van der Waals surface area contributed by atoms with Crippen molar-refractivity contribution < 1.29 is 9.90 Å². The molecule has 0 radical (unpaired) electrons. The van der Waals surface area contributed by atoms with Gasteiger partial charge in [-0.1, -0.05) is 6.42 Å². The number of aromatic amines is 1. The molecular formula is C14H23N3O2. The van der Waals surface area contributed by atoms with Crippen molar-refractivity contribution in [2.24, 2.45) is 5.92 Å². The smallest absolute Gasteiger partial charge is 0.306 e. The highest BCUT2D eigenvalue weighted by molar-refractivity contribution is 5.70. The quantitative estimate of drug-likeness (QED) is 0.686. The maximum absolute atomic E-state index is 11.0. The lowest BCUT2D eigenvalue weighted by Gasteiger charge is -2.27. The number of carboxylic acids is 1. The van der Waals surface area contributed by atoms with Crippen molar-refractivity contribution in [2.45, 2.75) is 51.5 Å². The van der Waals surface area contributed by atoms with Gasteiger partial charge in [-0.2, -0.15) is 5.10 Å². The van der Waals surface area contributed by atoms with E-state index in [0.717, 1.165) is 50.8 Å². The first-order valence-corrected chi connectivity index (χ1v) is 7.12. The molecule has 2 atom stereocenters. The zero-order chi connectivity index (χ0) is 13.7. The van der Waals surface area contributed by atoms with Gasteiger partial charge in [0.15, 0.2) is 0 Å². The molecule has 2 unspecified atom stereocenters. The van der Waals surface area contributed by atoms with Crippen LogP contribution in [0.2, 0.25) is 0 Å². The normalized spacial score (nSPS) is 23.4. The molecule has 0 amide bonds. The number of aliphatic carboxylic acids is 1. The van der Waals surface area contributed by atoms with E-state index < -0.39 is 5.97 Å². The van der Waals surface area contributed by atoms with E-state index in [0.29, 0.717) is 6.04 Å². The SMILES string of the molecule is Cc1[nH]ncc1CCCNC1CCCC(C(=O)O)C1. The van der Waals surface area contributed by atoms with Crippen LogP contribution < -0.4 is 5.32 Å². The van der Waals surface area contributed by atoms with Crippen LogP contribution in [0.1, 0.15) is 43.4 Å². The van der Waals surface area contributed by atoms with Gasteiger partial charge in [-0.15, -0.1) is 0 Å². The maximum Gasteiger partial charge on any atom is 0.306 e. The molecule has 1 aliphatic carbocycles. The van der Waals surface area contributed by atoms with Crippen LogP contribution in [0, 0.1) is 12.8 Å². The number of H-pyrrole nitrogens is 1. The molecule has 0 bridgehead atoms. The molecule has 2 rings (SSSR count). The van der Waals surface area contributed by atoms with Crippen LogP contribution in [0.4, 0.5) is 0 Å². The standard InChI is InChI=1S/C14H23N3O2/c1-10-12(9-16-17-10)5-3-7-15-13-6-2-4-11(8-13)14(18)19/h9,11,13,15H,2-8H2,1H3,(H,16,17)(H,18,19). The molecule has 106 valence electrons. The first-order chi connectivity index (χ1) is 9.16. The van der Waals surface area contributed by atoms with Gasteiger partial charge in [0.05, 0.1) is 12.1 Å². The fraction of sp³-hybridized carbons (Fsp3) is 0.714. The maximum atomic E-state index is 11.0. The highest BCUT2D eigenvalue weighted by Crippen LogP contribution is 2.24. The van der Waals surface area contributed by atoms with Crippen molar-refractivity contribution >= 4 is 5.97 Å². The summed E-state index contributed by atoms with van der Waals surface area (Å²) in [6.45, 7) is 2.98. The van der Waals surface area contributed by atoms with E-state index in [1.54, 1.807) is 0 Å². The molecule has 0 saturated heterocycles. The summed E-state index contributed by atoms with van der Waals surface area (Å²) in [5.74, 6) is -0.789. The van der Waals surface area contributed by atoms with Gasteiger partial charge in [0.25, 0.3) is 0 Å². The summed E-state index contributed by atoms with van der Waals surface area (Å²) >= 11 is 0. The summed E-state index contributed by atoms with van der Waals surface area (Å²) in [7, 11) is 0. The van der Waals surface area contributed by atoms with Crippen LogP contribution in [0.5, 0.6) is 0 Å². The molecule has 1 aliphatic rings. The zero-order valence-corrected chi connectivity index (χ0v) is 11.5. The van der Waals surface area contributed by atoms with Gasteiger partial charge in [-0.3, -0.25) is 9.89 Å². The third-order valence-electron chi connectivity index (χ3n) is 4.01. The molecule has 0 aromatic carbocycles. The van der Waals surface area contributed by atoms with Crippen LogP contribution in [0.25, 0.3) is 0 Å². The predicted molar refractivity (Wildman–Crippen MR) is 73.0 cm³/mol. The molecule has 1 aromatic heterocycles. The van der Waals surface area contributed by atoms with Crippen molar-refractivity contribution in [3.8, 4) is 0 Å². The number of nitrogens with one attached hydrogen (secondary N) is 2. The number of nitrogens with zero attached hydrogens (tertiary/aromatic N) is 1. The van der Waals surface area contributed by atoms with Crippen molar-refractivity contribution in [3.05, 3.63) is 17.5 Å². The number of aryl methyl sites for hydroxylation is 2. The van der Waals surface area contributed by atoms with Crippen molar-refractivity contribution in [2.75, 3.05) is 6.54 Å². The molecule has 0 aliphatic heterocycles. The topological polar surface area (TPSA) is 78.0 Å². The van der Waals surface area contributed by atoms with E-state index >= 15 is 0 Å². The number of aromatic nitrogens is 2. The molecule has 5 nitrogen and oxygen atoms in total. The predicted octanol–water partition coefficient (Wildman–Crippen LogP) is 1.88. The Balaban J connectivity index is 1.65. The molecule has 5 heteroatoms. The third kappa shape index (κ3) is 4.06. The van der Waals surface area contributed by atoms with Crippen molar-refractivity contribution in [3.63, 3.8) is 0 Å². The Morgan fingerprint density at radius 3 is 3.11 bits per heavy atom. The van der Waals surface area contributed by atoms with Gasteiger partial charge in [-0.25, -0.2) is 0 Å². The lowest BCUT2D eigenvalue weighted by molar-refractivity contribution is -0.143. The molecule has 1 saturated carbocycles. The average Bonchev–Trinajstić information content (AvgIpc) is 2.81. The largest absolute Gasteiger partial charge is 0.481 e. The van der Waals surface area contributed by atoms with Crippen LogP contribution in [0.3, 0.4) is 0 Å². The van der Waals surface area contributed by atoms with Crippen LogP contribution in [0.15, 0.2) is 6.20 Å². The minimum atomic E-state index is -0.638. The average molecular weight is 265 g/mol. The van der Waals surface area contributed by atoms with Gasteiger partial charge < -0.3 is 10.4 Å². The third-order valence-corrected chi connectivity index (χ3v) is 4.01. The fourth-order valence-corrected chi connectivity index (χ4v) is 2.81. The number of carbonyl (C=O) groups is 1. The summed E-state index contributed by atoms with van der Waals surface area (Å²) in [6.07, 6.45) is 7.71.